The molecule has 0 radical (unpaired) electrons. The molecule has 0 bridgehead atoms. The molecular formula is C24H24N4O6S. The maximum atomic E-state index is 12.6. The van der Waals surface area contributed by atoms with E-state index in [0.29, 0.717) is 55.9 Å². The van der Waals surface area contributed by atoms with Crippen molar-refractivity contribution >= 4 is 28.6 Å². The Hall–Kier alpha value is -3.99. The lowest BCUT2D eigenvalue weighted by Gasteiger charge is -2.18. The number of rotatable bonds is 9. The lowest BCUT2D eigenvalue weighted by Crippen LogP contribution is -2.09. The zero-order valence-electron chi connectivity index (χ0n) is 19.9. The number of carboxylic acid groups (broad SMARTS) is 1. The van der Waals surface area contributed by atoms with E-state index in [9.17, 15) is 9.90 Å². The Labute approximate surface area is 205 Å². The van der Waals surface area contributed by atoms with E-state index >= 15 is 0 Å². The molecule has 0 saturated carbocycles. The number of nitrogens with zero attached hydrogens (tertiary/aromatic N) is 4. The van der Waals surface area contributed by atoms with E-state index in [-0.39, 0.29) is 11.3 Å². The van der Waals surface area contributed by atoms with Crippen LogP contribution >= 0.6 is 11.8 Å². The van der Waals surface area contributed by atoms with Crippen molar-refractivity contribution < 1.29 is 28.8 Å². The van der Waals surface area contributed by atoms with E-state index < -0.39 is 5.97 Å². The second kappa shape index (κ2) is 10.1. The first-order valence-electron chi connectivity index (χ1n) is 10.4. The molecule has 0 aliphatic carbocycles. The highest BCUT2D eigenvalue weighted by Gasteiger charge is 2.25. The number of fused-ring (bicyclic) bond motifs is 1. The Morgan fingerprint density at radius 2 is 1.63 bits per heavy atom. The Morgan fingerprint density at radius 3 is 2.23 bits per heavy atom. The monoisotopic (exact) mass is 496 g/mol. The summed E-state index contributed by atoms with van der Waals surface area (Å²) < 4.78 is 23.6. The van der Waals surface area contributed by atoms with Crippen molar-refractivity contribution in [3.8, 4) is 34.1 Å². The van der Waals surface area contributed by atoms with E-state index in [2.05, 4.69) is 10.2 Å². The van der Waals surface area contributed by atoms with Gasteiger partial charge in [0, 0.05) is 29.8 Å². The fourth-order valence-electron chi connectivity index (χ4n) is 3.80. The zero-order chi connectivity index (χ0) is 25.1. The third-order valence-corrected chi connectivity index (χ3v) is 6.50. The summed E-state index contributed by atoms with van der Waals surface area (Å²) in [5.41, 5.74) is 2.13. The third-order valence-electron chi connectivity index (χ3n) is 5.46. The molecule has 0 amide bonds. The number of carbonyl (C=O) groups is 1. The molecule has 182 valence electrons. The van der Waals surface area contributed by atoms with E-state index in [1.807, 2.05) is 7.05 Å². The third kappa shape index (κ3) is 4.54. The molecule has 4 aromatic rings. The average molecular weight is 497 g/mol. The molecule has 0 aliphatic rings. The standard InChI is InChI=1S/C24H24N4O6S/c1-28-12-25-27-24(28)35-11-16-22(23(29)30)21(13-6-7-17(31-2)18(8-13)32-3)14-9-19(33-4)20(34-5)10-15(14)26-16/h6-10,12H,11H2,1-5H3,(H,29,30). The van der Waals surface area contributed by atoms with Crippen LogP contribution < -0.4 is 18.9 Å². The molecule has 1 N–H and O–H groups in total. The summed E-state index contributed by atoms with van der Waals surface area (Å²) in [6.45, 7) is 0. The van der Waals surface area contributed by atoms with Crippen molar-refractivity contribution in [1.29, 1.82) is 0 Å². The van der Waals surface area contributed by atoms with Gasteiger partial charge < -0.3 is 28.6 Å². The number of methoxy groups -OCH3 is 4. The molecule has 0 unspecified atom stereocenters. The summed E-state index contributed by atoms with van der Waals surface area (Å²) in [6.07, 6.45) is 1.58. The minimum atomic E-state index is -1.10. The van der Waals surface area contributed by atoms with E-state index in [4.69, 9.17) is 23.9 Å². The van der Waals surface area contributed by atoms with Crippen molar-refractivity contribution in [3.05, 3.63) is 47.9 Å². The van der Waals surface area contributed by atoms with Crippen LogP contribution in [0.15, 0.2) is 41.8 Å². The van der Waals surface area contributed by atoms with Crippen molar-refractivity contribution in [2.75, 3.05) is 28.4 Å². The molecule has 0 atom stereocenters. The summed E-state index contributed by atoms with van der Waals surface area (Å²) in [7, 11) is 7.95. The van der Waals surface area contributed by atoms with Gasteiger partial charge in [0.05, 0.1) is 45.2 Å². The van der Waals surface area contributed by atoms with Gasteiger partial charge in [0.2, 0.25) is 0 Å². The van der Waals surface area contributed by atoms with Crippen LogP contribution in [0, 0.1) is 0 Å². The summed E-state index contributed by atoms with van der Waals surface area (Å²) in [5, 5.41) is 19.5. The second-order valence-corrected chi connectivity index (χ2v) is 8.36. The lowest BCUT2D eigenvalue weighted by molar-refractivity contribution is 0.0696. The molecule has 4 rings (SSSR count). The Balaban J connectivity index is 2.02. The number of benzene rings is 2. The van der Waals surface area contributed by atoms with E-state index in [1.54, 1.807) is 48.3 Å². The first kappa shape index (κ1) is 24.1. The molecule has 2 aromatic carbocycles. The number of hydrogen-bond acceptors (Lipinski definition) is 9. The van der Waals surface area contributed by atoms with Crippen molar-refractivity contribution in [2.45, 2.75) is 10.9 Å². The maximum absolute atomic E-state index is 12.6. The SMILES string of the molecule is COc1ccc(-c2c(C(=O)O)c(CSc3nncn3C)nc3cc(OC)c(OC)cc23)cc1OC. The van der Waals surface area contributed by atoms with Crippen LogP contribution in [-0.2, 0) is 12.8 Å². The van der Waals surface area contributed by atoms with E-state index in [0.717, 1.165) is 0 Å². The molecule has 0 spiro atoms. The second-order valence-electron chi connectivity index (χ2n) is 7.42. The maximum Gasteiger partial charge on any atom is 0.338 e. The number of carboxylic acids is 1. The Kier molecular flexibility index (Phi) is 6.97. The van der Waals surface area contributed by atoms with Crippen LogP contribution in [0.5, 0.6) is 23.0 Å². The lowest BCUT2D eigenvalue weighted by atomic mass is 9.93. The van der Waals surface area contributed by atoms with Crippen LogP contribution in [0.3, 0.4) is 0 Å². The smallest absolute Gasteiger partial charge is 0.338 e. The highest BCUT2D eigenvalue weighted by atomic mass is 32.2. The van der Waals surface area contributed by atoms with Crippen LogP contribution in [0.25, 0.3) is 22.0 Å². The van der Waals surface area contributed by atoms with Gasteiger partial charge in [-0.3, -0.25) is 4.98 Å². The number of ether oxygens (including phenoxy) is 4. The normalized spacial score (nSPS) is 10.9. The summed E-state index contributed by atoms with van der Waals surface area (Å²) in [5.74, 6) is 1.11. The molecule has 0 fully saturated rings. The van der Waals surface area contributed by atoms with Crippen molar-refractivity contribution in [1.82, 2.24) is 19.7 Å². The quantitative estimate of drug-likeness (QED) is 0.340. The van der Waals surface area contributed by atoms with Gasteiger partial charge in [-0.1, -0.05) is 17.8 Å². The fraction of sp³-hybridized carbons (Fsp3) is 0.250. The predicted molar refractivity (Wildman–Crippen MR) is 131 cm³/mol. The van der Waals surface area contributed by atoms with Gasteiger partial charge in [0.25, 0.3) is 0 Å². The number of pyridine rings is 1. The molecule has 35 heavy (non-hydrogen) atoms. The van der Waals surface area contributed by atoms with Gasteiger partial charge in [-0.15, -0.1) is 10.2 Å². The van der Waals surface area contributed by atoms with E-state index in [1.165, 1.54) is 33.1 Å². The number of aromatic carboxylic acids is 1. The average Bonchev–Trinajstić information content (AvgIpc) is 3.29. The highest BCUT2D eigenvalue weighted by Crippen LogP contribution is 2.42. The molecule has 0 aliphatic heterocycles. The van der Waals surface area contributed by atoms with Gasteiger partial charge in [-0.05, 0) is 23.8 Å². The fourth-order valence-corrected chi connectivity index (χ4v) is 4.63. The molecule has 11 heteroatoms. The Bertz CT molecular complexity index is 1400. The molecule has 2 aromatic heterocycles. The summed E-state index contributed by atoms with van der Waals surface area (Å²) in [6, 6.07) is 8.75. The number of thioether (sulfide) groups is 1. The molecular weight excluding hydrogens is 472 g/mol. The van der Waals surface area contributed by atoms with Crippen LogP contribution in [-0.4, -0.2) is 59.3 Å². The minimum Gasteiger partial charge on any atom is -0.493 e. The largest absolute Gasteiger partial charge is 0.493 e. The first-order valence-corrected chi connectivity index (χ1v) is 11.4. The van der Waals surface area contributed by atoms with Crippen LogP contribution in [0.1, 0.15) is 16.1 Å². The van der Waals surface area contributed by atoms with Gasteiger partial charge in [0.1, 0.15) is 6.33 Å². The predicted octanol–water partition coefficient (Wildman–Crippen LogP) is 4.06. The zero-order valence-corrected chi connectivity index (χ0v) is 20.7. The topological polar surface area (TPSA) is 118 Å². The van der Waals surface area contributed by atoms with Crippen LogP contribution in [0.2, 0.25) is 0 Å². The molecule has 10 nitrogen and oxygen atoms in total. The van der Waals surface area contributed by atoms with Gasteiger partial charge in [-0.2, -0.15) is 0 Å². The van der Waals surface area contributed by atoms with Gasteiger partial charge >= 0.3 is 5.97 Å². The summed E-state index contributed by atoms with van der Waals surface area (Å²) >= 11 is 1.35. The molecule has 0 saturated heterocycles. The summed E-state index contributed by atoms with van der Waals surface area (Å²) in [4.78, 5) is 17.4. The minimum absolute atomic E-state index is 0.0756. The molecule has 2 heterocycles. The number of aryl methyl sites for hydroxylation is 1. The van der Waals surface area contributed by atoms with Crippen LogP contribution in [0.4, 0.5) is 0 Å². The van der Waals surface area contributed by atoms with Crippen molar-refractivity contribution in [3.63, 3.8) is 0 Å². The van der Waals surface area contributed by atoms with Gasteiger partial charge in [-0.25, -0.2) is 4.79 Å². The number of aromatic nitrogens is 4. The Morgan fingerprint density at radius 1 is 0.971 bits per heavy atom. The number of hydrogen-bond donors (Lipinski definition) is 1. The first-order chi connectivity index (χ1) is 16.9. The van der Waals surface area contributed by atoms with Crippen molar-refractivity contribution in [2.24, 2.45) is 7.05 Å². The van der Waals surface area contributed by atoms with Gasteiger partial charge in [0.15, 0.2) is 28.2 Å². The highest BCUT2D eigenvalue weighted by molar-refractivity contribution is 7.98.